The number of aromatic hydroxyl groups is 1. The van der Waals surface area contributed by atoms with Gasteiger partial charge in [-0.3, -0.25) is 9.59 Å². The van der Waals surface area contributed by atoms with E-state index in [9.17, 15) is 14.7 Å². The number of hydrogen-bond acceptors (Lipinski definition) is 6. The van der Waals surface area contributed by atoms with Gasteiger partial charge in [0.05, 0.1) is 6.10 Å². The summed E-state index contributed by atoms with van der Waals surface area (Å²) in [6.45, 7) is 10.8. The summed E-state index contributed by atoms with van der Waals surface area (Å²) >= 11 is 3.48. The number of rotatable bonds is 7. The molecule has 2 aromatic rings. The third-order valence-corrected chi connectivity index (χ3v) is 7.11. The largest absolute Gasteiger partial charge is 0.508 e. The summed E-state index contributed by atoms with van der Waals surface area (Å²) in [6.07, 6.45) is -1.26. The van der Waals surface area contributed by atoms with Crippen LogP contribution in [0.4, 0.5) is 0 Å². The van der Waals surface area contributed by atoms with Gasteiger partial charge < -0.3 is 19.3 Å². The molecule has 0 aromatic heterocycles. The minimum Gasteiger partial charge on any atom is -0.508 e. The van der Waals surface area contributed by atoms with Gasteiger partial charge in [-0.1, -0.05) is 55.8 Å². The minimum absolute atomic E-state index is 0.0707. The molecule has 190 valence electrons. The van der Waals surface area contributed by atoms with Gasteiger partial charge in [0.25, 0.3) is 0 Å². The molecule has 1 N–H and O–H groups in total. The van der Waals surface area contributed by atoms with E-state index >= 15 is 0 Å². The van der Waals surface area contributed by atoms with E-state index in [2.05, 4.69) is 41.9 Å². The highest BCUT2D eigenvalue weighted by molar-refractivity contribution is 9.10. The van der Waals surface area contributed by atoms with Gasteiger partial charge in [0.2, 0.25) is 0 Å². The zero-order valence-electron chi connectivity index (χ0n) is 21.2. The molecule has 0 unspecified atom stereocenters. The van der Waals surface area contributed by atoms with Crippen molar-refractivity contribution in [2.75, 3.05) is 0 Å². The molecule has 0 spiro atoms. The van der Waals surface area contributed by atoms with E-state index in [1.807, 2.05) is 32.0 Å². The summed E-state index contributed by atoms with van der Waals surface area (Å²) in [6, 6.07) is 11.9. The highest BCUT2D eigenvalue weighted by Crippen LogP contribution is 2.44. The van der Waals surface area contributed by atoms with E-state index in [0.717, 1.165) is 21.2 Å². The number of halogens is 1. The van der Waals surface area contributed by atoms with Gasteiger partial charge in [0.15, 0.2) is 6.10 Å². The van der Waals surface area contributed by atoms with Crippen molar-refractivity contribution in [1.29, 1.82) is 0 Å². The summed E-state index contributed by atoms with van der Waals surface area (Å²) in [7, 11) is 0. The molecule has 5 atom stereocenters. The van der Waals surface area contributed by atoms with Gasteiger partial charge in [-0.25, -0.2) is 0 Å². The van der Waals surface area contributed by atoms with Crippen LogP contribution < -0.4 is 0 Å². The fraction of sp³-hybridized carbons (Fsp3) is 0.500. The summed E-state index contributed by atoms with van der Waals surface area (Å²) in [4.78, 5) is 24.0. The zero-order valence-corrected chi connectivity index (χ0v) is 22.8. The van der Waals surface area contributed by atoms with E-state index in [4.69, 9.17) is 14.2 Å². The van der Waals surface area contributed by atoms with Crippen LogP contribution in [0, 0.1) is 5.92 Å². The molecule has 6 nitrogen and oxygen atoms in total. The molecule has 1 aliphatic heterocycles. The van der Waals surface area contributed by atoms with Crippen molar-refractivity contribution < 1.29 is 28.9 Å². The van der Waals surface area contributed by atoms with E-state index < -0.39 is 30.3 Å². The lowest BCUT2D eigenvalue weighted by molar-refractivity contribution is -0.225. The first-order chi connectivity index (χ1) is 16.5. The molecule has 1 aliphatic rings. The van der Waals surface area contributed by atoms with Gasteiger partial charge in [-0.2, -0.15) is 0 Å². The number of phenolic OH excluding ortho intramolecular Hbond substituents is 1. The van der Waals surface area contributed by atoms with Gasteiger partial charge in [-0.15, -0.1) is 0 Å². The van der Waals surface area contributed by atoms with Crippen LogP contribution in [0.1, 0.15) is 82.2 Å². The van der Waals surface area contributed by atoms with E-state index in [0.29, 0.717) is 18.4 Å². The second kappa shape index (κ2) is 11.6. The van der Waals surface area contributed by atoms with Gasteiger partial charge in [-0.05, 0) is 59.7 Å². The van der Waals surface area contributed by atoms with Crippen molar-refractivity contribution >= 4 is 27.9 Å². The number of carbonyl (C=O) groups excluding carboxylic acids is 2. The molecule has 1 heterocycles. The van der Waals surface area contributed by atoms with Crippen LogP contribution in [0.2, 0.25) is 0 Å². The van der Waals surface area contributed by atoms with Gasteiger partial charge in [0.1, 0.15) is 18.0 Å². The second-order valence-corrected chi connectivity index (χ2v) is 10.5. The van der Waals surface area contributed by atoms with Crippen LogP contribution in [-0.4, -0.2) is 35.4 Å². The lowest BCUT2D eigenvalue weighted by Crippen LogP contribution is -2.52. The lowest BCUT2D eigenvalue weighted by Gasteiger charge is -2.44. The fourth-order valence-corrected chi connectivity index (χ4v) is 5.15. The van der Waals surface area contributed by atoms with Crippen molar-refractivity contribution in [2.45, 2.75) is 84.7 Å². The third kappa shape index (κ3) is 6.44. The Labute approximate surface area is 216 Å². The number of hydrogen-bond donors (Lipinski definition) is 1. The number of esters is 2. The third-order valence-electron chi connectivity index (χ3n) is 6.58. The maximum Gasteiger partial charge on any atom is 0.303 e. The lowest BCUT2D eigenvalue weighted by atomic mass is 9.82. The predicted octanol–water partition coefficient (Wildman–Crippen LogP) is 6.22. The Morgan fingerprint density at radius 3 is 2.20 bits per heavy atom. The molecule has 0 radical (unpaired) electrons. The van der Waals surface area contributed by atoms with Crippen LogP contribution in [0.15, 0.2) is 40.9 Å². The Hall–Kier alpha value is -2.38. The van der Waals surface area contributed by atoms with E-state index in [1.54, 1.807) is 6.07 Å². The predicted molar refractivity (Wildman–Crippen MR) is 137 cm³/mol. The zero-order chi connectivity index (χ0) is 25.9. The molecule has 0 saturated carbocycles. The first kappa shape index (κ1) is 27.2. The minimum atomic E-state index is -0.884. The highest BCUT2D eigenvalue weighted by atomic mass is 79.9. The standard InChI is InChI=1S/C28H35BrO6/c1-7-25-16(4)26(33-17(5)30)28(34-18(6)31)27(35-25)23-13-20(22(15(2)3)14-24(23)32)12-19-8-10-21(29)11-9-19/h8-11,13-16,25-28,32H,7,12H2,1-6H3/t16-,25-,26+,27+,28-/m1/s1. The highest BCUT2D eigenvalue weighted by Gasteiger charge is 2.48. The van der Waals surface area contributed by atoms with Crippen molar-refractivity contribution in [3.63, 3.8) is 0 Å². The molecule has 0 bridgehead atoms. The molecule has 2 aromatic carbocycles. The number of phenols is 1. The number of ether oxygens (including phenoxy) is 3. The van der Waals surface area contributed by atoms with Crippen LogP contribution in [0.3, 0.4) is 0 Å². The fourth-order valence-electron chi connectivity index (χ4n) is 4.89. The molecule has 1 saturated heterocycles. The van der Waals surface area contributed by atoms with Crippen molar-refractivity contribution in [3.05, 3.63) is 63.1 Å². The summed E-state index contributed by atoms with van der Waals surface area (Å²) in [5.74, 6) is -0.888. The molecule has 7 heteroatoms. The van der Waals surface area contributed by atoms with Crippen molar-refractivity contribution in [2.24, 2.45) is 5.92 Å². The molecular formula is C28H35BrO6. The quantitative estimate of drug-likeness (QED) is 0.415. The second-order valence-electron chi connectivity index (χ2n) is 9.58. The van der Waals surface area contributed by atoms with Crippen LogP contribution >= 0.6 is 15.9 Å². The summed E-state index contributed by atoms with van der Waals surface area (Å²) < 4.78 is 18.8. The smallest absolute Gasteiger partial charge is 0.303 e. The average Bonchev–Trinajstić information content (AvgIpc) is 2.78. The molecular weight excluding hydrogens is 512 g/mol. The monoisotopic (exact) mass is 546 g/mol. The topological polar surface area (TPSA) is 82.1 Å². The first-order valence-electron chi connectivity index (χ1n) is 12.1. The number of carbonyl (C=O) groups is 2. The molecule has 3 rings (SSSR count). The Bertz CT molecular complexity index is 1050. The van der Waals surface area contributed by atoms with Crippen LogP contribution in [-0.2, 0) is 30.2 Å². The normalized spacial score (nSPS) is 24.3. The van der Waals surface area contributed by atoms with Crippen molar-refractivity contribution in [3.8, 4) is 5.75 Å². The Morgan fingerprint density at radius 2 is 1.66 bits per heavy atom. The van der Waals surface area contributed by atoms with Crippen molar-refractivity contribution in [1.82, 2.24) is 0 Å². The molecule has 0 amide bonds. The molecule has 35 heavy (non-hydrogen) atoms. The molecule has 0 aliphatic carbocycles. The van der Waals surface area contributed by atoms with Crippen LogP contribution in [0.5, 0.6) is 5.75 Å². The first-order valence-corrected chi connectivity index (χ1v) is 12.9. The Morgan fingerprint density at radius 1 is 1.06 bits per heavy atom. The van der Waals surface area contributed by atoms with Crippen LogP contribution in [0.25, 0.3) is 0 Å². The van der Waals surface area contributed by atoms with E-state index in [-0.39, 0.29) is 23.7 Å². The maximum absolute atomic E-state index is 12.1. The SMILES string of the molecule is CC[C@H]1O[C@@H](c2cc(Cc3ccc(Br)cc3)c(C(C)C)cc2O)[C@H](OC(C)=O)[C@@H](OC(C)=O)[C@@H]1C. The Kier molecular flexibility index (Phi) is 9.00. The number of benzene rings is 2. The summed E-state index contributed by atoms with van der Waals surface area (Å²) in [5, 5.41) is 11.1. The summed E-state index contributed by atoms with van der Waals surface area (Å²) in [5.41, 5.74) is 3.74. The van der Waals surface area contributed by atoms with Gasteiger partial charge >= 0.3 is 11.9 Å². The van der Waals surface area contributed by atoms with Gasteiger partial charge in [0, 0.05) is 29.8 Å². The molecule has 1 fully saturated rings. The van der Waals surface area contributed by atoms with E-state index in [1.165, 1.54) is 13.8 Å². The average molecular weight is 547 g/mol. The maximum atomic E-state index is 12.1. The Balaban J connectivity index is 2.11.